The average Bonchev–Trinajstić information content (AvgIpc) is 3.17. The molecule has 0 aliphatic carbocycles. The smallest absolute Gasteiger partial charge is 0.308 e. The number of esters is 2. The third kappa shape index (κ3) is 34.7. The van der Waals surface area contributed by atoms with E-state index >= 15 is 0 Å². The first-order valence-corrected chi connectivity index (χ1v) is 23.5. The lowest BCUT2D eigenvalue weighted by atomic mass is 9.94. The van der Waals surface area contributed by atoms with Gasteiger partial charge in [0.15, 0.2) is 0 Å². The van der Waals surface area contributed by atoms with E-state index in [9.17, 15) is 9.59 Å². The van der Waals surface area contributed by atoms with Gasteiger partial charge in [0, 0.05) is 19.6 Å². The third-order valence-corrected chi connectivity index (χ3v) is 10.4. The van der Waals surface area contributed by atoms with E-state index in [2.05, 4.69) is 63.5 Å². The van der Waals surface area contributed by atoms with Gasteiger partial charge in [-0.25, -0.2) is 0 Å². The number of carbonyl (C=O) groups excluding carboxylic acids is 2. The number of rotatable bonds is 40. The average molecular weight is 766 g/mol. The van der Waals surface area contributed by atoms with E-state index < -0.39 is 0 Å². The van der Waals surface area contributed by atoms with E-state index in [1.165, 1.54) is 103 Å². The van der Waals surface area contributed by atoms with E-state index in [0.717, 1.165) is 103 Å². The molecule has 0 heterocycles. The molecule has 7 heteroatoms. The van der Waals surface area contributed by atoms with Gasteiger partial charge in [-0.1, -0.05) is 177 Å². The van der Waals surface area contributed by atoms with Gasteiger partial charge >= 0.3 is 11.9 Å². The van der Waals surface area contributed by atoms with Gasteiger partial charge in [-0.3, -0.25) is 9.59 Å². The lowest BCUT2D eigenvalue weighted by Crippen LogP contribution is -2.35. The highest BCUT2D eigenvalue weighted by molar-refractivity contribution is 5.72. The lowest BCUT2D eigenvalue weighted by molar-refractivity contribution is -0.150. The van der Waals surface area contributed by atoms with Crippen LogP contribution in [0.4, 0.5) is 0 Å². The van der Waals surface area contributed by atoms with Gasteiger partial charge in [-0.15, -0.1) is 0 Å². The summed E-state index contributed by atoms with van der Waals surface area (Å²) >= 11 is 0. The van der Waals surface area contributed by atoms with E-state index in [1.807, 2.05) is 13.8 Å². The quantitative estimate of drug-likeness (QED) is 0.0492. The van der Waals surface area contributed by atoms with Crippen molar-refractivity contribution >= 4 is 11.9 Å². The summed E-state index contributed by atoms with van der Waals surface area (Å²) in [4.78, 5) is 30.9. The fourth-order valence-corrected chi connectivity index (χ4v) is 6.95. The molecule has 0 spiro atoms. The Labute approximate surface area is 337 Å². The Balaban J connectivity index is 0. The van der Waals surface area contributed by atoms with Crippen LogP contribution in [0.25, 0.3) is 0 Å². The standard InChI is InChI=1S/C45H89N3O4.C2H6/c1-8-12-16-20-22-26-33-42(31-24-18-14-10-3)44(49)51-39-29-37-48(41(5)46-35-28-36-47(6)7)38-30-40-52-45(50)43(32-25-19-15-11-4)34-27-23-21-17-13-9-2;1-2/h42-43,46H,5,8-40H2,1-4,6-7H3;1-2H3. The van der Waals surface area contributed by atoms with Crippen LogP contribution in [0.3, 0.4) is 0 Å². The molecule has 2 atom stereocenters. The summed E-state index contributed by atoms with van der Waals surface area (Å²) < 4.78 is 11.8. The number of nitrogens with zero attached hydrogens (tertiary/aromatic N) is 2. The van der Waals surface area contributed by atoms with Gasteiger partial charge in [0.1, 0.15) is 0 Å². The Morgan fingerprint density at radius 3 is 1.19 bits per heavy atom. The predicted octanol–water partition coefficient (Wildman–Crippen LogP) is 12.9. The molecule has 0 radical (unpaired) electrons. The maximum atomic E-state index is 13.2. The molecular formula is C47H95N3O4. The molecule has 54 heavy (non-hydrogen) atoms. The minimum Gasteiger partial charge on any atom is -0.465 e. The van der Waals surface area contributed by atoms with E-state index in [1.54, 1.807) is 0 Å². The lowest BCUT2D eigenvalue weighted by Gasteiger charge is -2.28. The van der Waals surface area contributed by atoms with Crippen LogP contribution in [0.2, 0.25) is 0 Å². The van der Waals surface area contributed by atoms with E-state index in [-0.39, 0.29) is 23.8 Å². The zero-order chi connectivity index (χ0) is 40.5. The maximum Gasteiger partial charge on any atom is 0.308 e. The van der Waals surface area contributed by atoms with Gasteiger partial charge in [-0.05, 0) is 65.6 Å². The second-order valence-corrected chi connectivity index (χ2v) is 15.8. The molecule has 0 fully saturated rings. The Bertz CT molecular complexity index is 769. The summed E-state index contributed by atoms with van der Waals surface area (Å²) in [6.07, 6.45) is 30.8. The first-order chi connectivity index (χ1) is 26.3. The Morgan fingerprint density at radius 2 is 0.833 bits per heavy atom. The van der Waals surface area contributed by atoms with Crippen molar-refractivity contribution in [2.45, 2.75) is 215 Å². The minimum atomic E-state index is -0.00522. The van der Waals surface area contributed by atoms with Crippen molar-refractivity contribution < 1.29 is 19.1 Å². The molecule has 0 aliphatic rings. The highest BCUT2D eigenvalue weighted by Crippen LogP contribution is 2.22. The Kier molecular flexibility index (Phi) is 42.7. The normalized spacial score (nSPS) is 12.2. The summed E-state index contributed by atoms with van der Waals surface area (Å²) in [6.45, 7) is 21.6. The summed E-state index contributed by atoms with van der Waals surface area (Å²) in [5.74, 6) is 0.936. The summed E-state index contributed by atoms with van der Waals surface area (Å²) in [5.41, 5.74) is 0. The molecule has 0 amide bonds. The van der Waals surface area contributed by atoms with Crippen LogP contribution in [0, 0.1) is 11.8 Å². The highest BCUT2D eigenvalue weighted by atomic mass is 16.5. The van der Waals surface area contributed by atoms with Gasteiger partial charge in [0.05, 0.1) is 30.9 Å². The van der Waals surface area contributed by atoms with Crippen molar-refractivity contribution in [3.05, 3.63) is 12.4 Å². The van der Waals surface area contributed by atoms with E-state index in [4.69, 9.17) is 9.47 Å². The largest absolute Gasteiger partial charge is 0.465 e. The van der Waals surface area contributed by atoms with Crippen LogP contribution >= 0.6 is 0 Å². The molecule has 0 bridgehead atoms. The van der Waals surface area contributed by atoms with Crippen LogP contribution in [-0.4, -0.2) is 75.2 Å². The van der Waals surface area contributed by atoms with Crippen molar-refractivity contribution in [2.75, 3.05) is 53.5 Å². The summed E-state index contributed by atoms with van der Waals surface area (Å²) in [7, 11) is 4.19. The van der Waals surface area contributed by atoms with Crippen molar-refractivity contribution in [1.29, 1.82) is 0 Å². The van der Waals surface area contributed by atoms with Gasteiger partial charge in [0.25, 0.3) is 0 Å². The fraction of sp³-hybridized carbons (Fsp3) is 0.915. The molecule has 322 valence electrons. The number of ether oxygens (including phenoxy) is 2. The van der Waals surface area contributed by atoms with E-state index in [0.29, 0.717) is 13.2 Å². The Morgan fingerprint density at radius 1 is 0.500 bits per heavy atom. The topological polar surface area (TPSA) is 71.1 Å². The number of hydrogen-bond acceptors (Lipinski definition) is 7. The zero-order valence-electron chi connectivity index (χ0n) is 37.7. The number of nitrogens with one attached hydrogen (secondary N) is 1. The third-order valence-electron chi connectivity index (χ3n) is 10.4. The first kappa shape index (κ1) is 54.3. The fourth-order valence-electron chi connectivity index (χ4n) is 6.95. The number of unbranched alkanes of at least 4 members (excludes halogenated alkanes) is 16. The number of hydrogen-bond donors (Lipinski definition) is 1. The molecule has 0 saturated heterocycles. The molecule has 0 aromatic carbocycles. The zero-order valence-corrected chi connectivity index (χ0v) is 37.7. The molecule has 0 aromatic rings. The van der Waals surface area contributed by atoms with Crippen molar-refractivity contribution in [1.82, 2.24) is 15.1 Å². The SMILES string of the molecule is C=C(NCCCN(C)C)N(CCCOC(=O)C(CCCCCC)CCCCCCCC)CCCOC(=O)C(CCCCCC)CCCCCCCC.CC. The van der Waals surface area contributed by atoms with Crippen LogP contribution in [-0.2, 0) is 19.1 Å². The van der Waals surface area contributed by atoms with Gasteiger partial charge in [0.2, 0.25) is 0 Å². The maximum absolute atomic E-state index is 13.2. The summed E-state index contributed by atoms with van der Waals surface area (Å²) in [5, 5.41) is 3.51. The van der Waals surface area contributed by atoms with Crippen LogP contribution in [0.15, 0.2) is 12.4 Å². The second kappa shape index (κ2) is 42.4. The molecule has 0 rings (SSSR count). The molecular weight excluding hydrogens is 671 g/mol. The minimum absolute atomic E-state index is 0.00522. The molecule has 7 nitrogen and oxygen atoms in total. The first-order valence-electron chi connectivity index (χ1n) is 23.5. The summed E-state index contributed by atoms with van der Waals surface area (Å²) in [6, 6.07) is 0. The van der Waals surface area contributed by atoms with Gasteiger partial charge < -0.3 is 24.6 Å². The van der Waals surface area contributed by atoms with Gasteiger partial charge in [-0.2, -0.15) is 0 Å². The Hall–Kier alpha value is -1.76. The van der Waals surface area contributed by atoms with Crippen LogP contribution in [0.1, 0.15) is 215 Å². The van der Waals surface area contributed by atoms with Crippen molar-refractivity contribution in [3.63, 3.8) is 0 Å². The van der Waals surface area contributed by atoms with Crippen LogP contribution in [0.5, 0.6) is 0 Å². The van der Waals surface area contributed by atoms with Crippen LogP contribution < -0.4 is 5.32 Å². The number of carbonyl (C=O) groups is 2. The molecule has 0 aliphatic heterocycles. The second-order valence-electron chi connectivity index (χ2n) is 15.8. The monoisotopic (exact) mass is 766 g/mol. The molecule has 0 aromatic heterocycles. The highest BCUT2D eigenvalue weighted by Gasteiger charge is 2.21. The molecule has 1 N–H and O–H groups in total. The predicted molar refractivity (Wildman–Crippen MR) is 235 cm³/mol. The van der Waals surface area contributed by atoms with Crippen molar-refractivity contribution in [3.8, 4) is 0 Å². The molecule has 2 unspecified atom stereocenters. The molecule has 0 saturated carbocycles. The van der Waals surface area contributed by atoms with Crippen molar-refractivity contribution in [2.24, 2.45) is 11.8 Å².